The van der Waals surface area contributed by atoms with E-state index in [1.165, 1.54) is 12.1 Å². The molecule has 0 aliphatic heterocycles. The number of unbranched alkanes of at least 4 members (excludes halogenated alkanes) is 2. The van der Waals surface area contributed by atoms with Crippen molar-refractivity contribution < 1.29 is 19.4 Å². The number of anilines is 1. The number of carboxylic acids is 1. The highest BCUT2D eigenvalue weighted by Gasteiger charge is 2.02. The number of nitrogen functional groups attached to an aromatic ring is 1. The van der Waals surface area contributed by atoms with Gasteiger partial charge in [0.1, 0.15) is 11.5 Å². The molecule has 2 aromatic carbocycles. The number of hydrogen-bond acceptors (Lipinski definition) is 4. The van der Waals surface area contributed by atoms with Crippen molar-refractivity contribution in [3.63, 3.8) is 0 Å². The minimum absolute atomic E-state index is 0. The molecule has 0 heterocycles. The van der Waals surface area contributed by atoms with Crippen LogP contribution in [0.25, 0.3) is 0 Å². The average Bonchev–Trinajstić information content (AvgIpc) is 2.56. The predicted molar refractivity (Wildman–Crippen MR) is 96.3 cm³/mol. The highest BCUT2D eigenvalue weighted by Crippen LogP contribution is 2.14. The minimum Gasteiger partial charge on any atom is -0.494 e. The average molecular weight is 352 g/mol. The number of carboxylic acid groups (broad SMARTS) is 1. The highest BCUT2D eigenvalue weighted by molar-refractivity contribution is 5.87. The summed E-state index contributed by atoms with van der Waals surface area (Å²) in [5.41, 5.74) is 6.60. The number of rotatable bonds is 9. The minimum atomic E-state index is -0.933. The van der Waals surface area contributed by atoms with Crippen LogP contribution in [0.4, 0.5) is 5.69 Å². The Balaban J connectivity index is 0.00000288. The van der Waals surface area contributed by atoms with Crippen molar-refractivity contribution >= 4 is 24.1 Å². The van der Waals surface area contributed by atoms with Crippen LogP contribution in [0.3, 0.4) is 0 Å². The molecule has 2 rings (SSSR count). The van der Waals surface area contributed by atoms with E-state index in [0.717, 1.165) is 30.7 Å². The van der Waals surface area contributed by atoms with Gasteiger partial charge in [-0.25, -0.2) is 4.79 Å². The van der Waals surface area contributed by atoms with Gasteiger partial charge in [0.2, 0.25) is 0 Å². The Morgan fingerprint density at radius 1 is 0.833 bits per heavy atom. The lowest BCUT2D eigenvalue weighted by atomic mass is 10.2. The van der Waals surface area contributed by atoms with E-state index in [2.05, 4.69) is 0 Å². The van der Waals surface area contributed by atoms with Crippen LogP contribution in [0.1, 0.15) is 29.6 Å². The van der Waals surface area contributed by atoms with Gasteiger partial charge in [-0.2, -0.15) is 0 Å². The van der Waals surface area contributed by atoms with Crippen molar-refractivity contribution in [3.05, 3.63) is 54.1 Å². The van der Waals surface area contributed by atoms with Gasteiger partial charge in [-0.1, -0.05) is 0 Å². The standard InChI is InChI=1S/C18H21NO4.ClH/c19-15-6-10-17(11-7-15)23-13-3-1-2-12-22-16-8-4-14(5-9-16)18(20)21;/h4-11H,1-3,12-13,19H2,(H,20,21);1H. The Labute approximate surface area is 147 Å². The third kappa shape index (κ3) is 6.79. The van der Waals surface area contributed by atoms with Gasteiger partial charge >= 0.3 is 5.97 Å². The number of ether oxygens (including phenoxy) is 2. The zero-order valence-electron chi connectivity index (χ0n) is 13.3. The van der Waals surface area contributed by atoms with Gasteiger partial charge in [-0.15, -0.1) is 12.4 Å². The number of nitrogens with two attached hydrogens (primary N) is 1. The molecule has 0 bridgehead atoms. The third-order valence-corrected chi connectivity index (χ3v) is 3.31. The number of aromatic carboxylic acids is 1. The lowest BCUT2D eigenvalue weighted by Gasteiger charge is -2.08. The van der Waals surface area contributed by atoms with Crippen LogP contribution in [0.2, 0.25) is 0 Å². The lowest BCUT2D eigenvalue weighted by molar-refractivity contribution is 0.0697. The molecule has 0 saturated carbocycles. The Morgan fingerprint density at radius 2 is 1.29 bits per heavy atom. The van der Waals surface area contributed by atoms with Crippen molar-refractivity contribution in [1.29, 1.82) is 0 Å². The van der Waals surface area contributed by atoms with Crippen LogP contribution in [0.15, 0.2) is 48.5 Å². The lowest BCUT2D eigenvalue weighted by Crippen LogP contribution is -2.01. The number of hydrogen-bond donors (Lipinski definition) is 2. The fourth-order valence-corrected chi connectivity index (χ4v) is 2.02. The van der Waals surface area contributed by atoms with Crippen LogP contribution in [0, 0.1) is 0 Å². The second-order valence-electron chi connectivity index (χ2n) is 5.16. The van der Waals surface area contributed by atoms with E-state index < -0.39 is 5.97 Å². The molecule has 0 unspecified atom stereocenters. The smallest absolute Gasteiger partial charge is 0.335 e. The van der Waals surface area contributed by atoms with Gasteiger partial charge in [-0.3, -0.25) is 0 Å². The van der Waals surface area contributed by atoms with E-state index in [-0.39, 0.29) is 18.0 Å². The first-order chi connectivity index (χ1) is 11.1. The maximum absolute atomic E-state index is 10.7. The third-order valence-electron chi connectivity index (χ3n) is 3.31. The normalized spacial score (nSPS) is 9.83. The number of benzene rings is 2. The van der Waals surface area contributed by atoms with E-state index in [4.69, 9.17) is 20.3 Å². The summed E-state index contributed by atoms with van der Waals surface area (Å²) in [5.74, 6) is 0.583. The van der Waals surface area contributed by atoms with Crippen molar-refractivity contribution in [1.82, 2.24) is 0 Å². The van der Waals surface area contributed by atoms with Crippen LogP contribution < -0.4 is 15.2 Å². The quantitative estimate of drug-likeness (QED) is 0.526. The van der Waals surface area contributed by atoms with Crippen molar-refractivity contribution in [2.24, 2.45) is 0 Å². The molecule has 130 valence electrons. The van der Waals surface area contributed by atoms with E-state index in [0.29, 0.717) is 19.0 Å². The molecule has 0 amide bonds. The molecule has 0 saturated heterocycles. The molecule has 0 atom stereocenters. The van der Waals surface area contributed by atoms with Gasteiger partial charge in [0.05, 0.1) is 18.8 Å². The maximum atomic E-state index is 10.7. The second-order valence-corrected chi connectivity index (χ2v) is 5.16. The number of halogens is 1. The molecule has 0 radical (unpaired) electrons. The van der Waals surface area contributed by atoms with Gasteiger partial charge in [-0.05, 0) is 67.8 Å². The Hall–Kier alpha value is -2.40. The van der Waals surface area contributed by atoms with E-state index in [1.807, 2.05) is 24.3 Å². The fourth-order valence-electron chi connectivity index (χ4n) is 2.02. The van der Waals surface area contributed by atoms with Crippen LogP contribution >= 0.6 is 12.4 Å². The van der Waals surface area contributed by atoms with Gasteiger partial charge in [0.15, 0.2) is 0 Å². The molecule has 0 fully saturated rings. The highest BCUT2D eigenvalue weighted by atomic mass is 35.5. The summed E-state index contributed by atoms with van der Waals surface area (Å²) in [5, 5.41) is 8.81. The second kappa shape index (κ2) is 10.4. The summed E-state index contributed by atoms with van der Waals surface area (Å²) in [6, 6.07) is 13.8. The van der Waals surface area contributed by atoms with Gasteiger partial charge in [0.25, 0.3) is 0 Å². The van der Waals surface area contributed by atoms with Gasteiger partial charge in [0, 0.05) is 5.69 Å². The van der Waals surface area contributed by atoms with Gasteiger partial charge < -0.3 is 20.3 Å². The first-order valence-electron chi connectivity index (χ1n) is 7.59. The summed E-state index contributed by atoms with van der Waals surface area (Å²) < 4.78 is 11.2. The summed E-state index contributed by atoms with van der Waals surface area (Å²) in [6.45, 7) is 1.27. The largest absolute Gasteiger partial charge is 0.494 e. The van der Waals surface area contributed by atoms with E-state index in [1.54, 1.807) is 12.1 Å². The molecule has 0 spiro atoms. The molecule has 0 aromatic heterocycles. The maximum Gasteiger partial charge on any atom is 0.335 e. The SMILES string of the molecule is Cl.Nc1ccc(OCCCCCOc2ccc(C(=O)O)cc2)cc1. The number of carbonyl (C=O) groups is 1. The first-order valence-corrected chi connectivity index (χ1v) is 7.59. The summed E-state index contributed by atoms with van der Waals surface area (Å²) >= 11 is 0. The molecular weight excluding hydrogens is 330 g/mol. The summed E-state index contributed by atoms with van der Waals surface area (Å²) in [4.78, 5) is 10.7. The van der Waals surface area contributed by atoms with Crippen LogP contribution in [-0.2, 0) is 0 Å². The molecule has 3 N–H and O–H groups in total. The fraction of sp³-hybridized carbons (Fsp3) is 0.278. The molecule has 5 nitrogen and oxygen atoms in total. The monoisotopic (exact) mass is 351 g/mol. The Morgan fingerprint density at radius 3 is 1.75 bits per heavy atom. The van der Waals surface area contributed by atoms with Crippen molar-refractivity contribution in [2.75, 3.05) is 18.9 Å². The molecule has 24 heavy (non-hydrogen) atoms. The molecule has 2 aromatic rings. The zero-order chi connectivity index (χ0) is 16.5. The van der Waals surface area contributed by atoms with E-state index >= 15 is 0 Å². The zero-order valence-corrected chi connectivity index (χ0v) is 14.1. The van der Waals surface area contributed by atoms with Crippen molar-refractivity contribution in [3.8, 4) is 11.5 Å². The molecular formula is C18H22ClNO4. The summed E-state index contributed by atoms with van der Waals surface area (Å²) in [7, 11) is 0. The topological polar surface area (TPSA) is 81.8 Å². The molecule has 0 aliphatic carbocycles. The molecule has 6 heteroatoms. The summed E-state index contributed by atoms with van der Waals surface area (Å²) in [6.07, 6.45) is 2.87. The van der Waals surface area contributed by atoms with E-state index in [9.17, 15) is 4.79 Å². The first kappa shape index (κ1) is 19.6. The van der Waals surface area contributed by atoms with Crippen LogP contribution in [0.5, 0.6) is 11.5 Å². The predicted octanol–water partition coefficient (Wildman–Crippen LogP) is 4.02. The molecule has 0 aliphatic rings. The Bertz CT molecular complexity index is 614. The van der Waals surface area contributed by atoms with Crippen LogP contribution in [-0.4, -0.2) is 24.3 Å². The Kier molecular flexibility index (Phi) is 8.50. The van der Waals surface area contributed by atoms with Crippen molar-refractivity contribution in [2.45, 2.75) is 19.3 Å².